The third-order valence-corrected chi connectivity index (χ3v) is 4.28. The van der Waals surface area contributed by atoms with Gasteiger partial charge in [-0.15, -0.1) is 0 Å². The number of hydrogen-bond donors (Lipinski definition) is 2. The van der Waals surface area contributed by atoms with E-state index in [-0.39, 0.29) is 5.56 Å². The summed E-state index contributed by atoms with van der Waals surface area (Å²) in [6, 6.07) is 14.3. The highest BCUT2D eigenvalue weighted by Crippen LogP contribution is 2.29. The van der Waals surface area contributed by atoms with Crippen LogP contribution in [-0.2, 0) is 6.18 Å². The van der Waals surface area contributed by atoms with Gasteiger partial charge in [-0.25, -0.2) is 14.6 Å². The highest BCUT2D eigenvalue weighted by Gasteiger charge is 2.30. The van der Waals surface area contributed by atoms with E-state index >= 15 is 0 Å². The predicted molar refractivity (Wildman–Crippen MR) is 108 cm³/mol. The molecule has 4 rings (SSSR count). The van der Waals surface area contributed by atoms with Gasteiger partial charge in [-0.3, -0.25) is 4.79 Å². The molecule has 0 atom stereocenters. The van der Waals surface area contributed by atoms with E-state index in [9.17, 15) is 18.0 Å². The Labute approximate surface area is 174 Å². The second kappa shape index (κ2) is 8.27. The van der Waals surface area contributed by atoms with Crippen molar-refractivity contribution in [3.05, 3.63) is 90.5 Å². The molecular formula is C21H15F3N6O. The van der Waals surface area contributed by atoms with Crippen LogP contribution < -0.4 is 10.6 Å². The maximum Gasteiger partial charge on any atom is 0.416 e. The smallest absolute Gasteiger partial charge is 0.340 e. The molecule has 0 aliphatic carbocycles. The Hall–Kier alpha value is -4.21. The number of carbonyl (C=O) groups excluding carboxylic acids is 1. The first kappa shape index (κ1) is 20.1. The van der Waals surface area contributed by atoms with Crippen molar-refractivity contribution < 1.29 is 18.0 Å². The Bertz CT molecular complexity index is 1170. The molecule has 2 heterocycles. The SMILES string of the molecule is O=C(Nc1ccc(Nc2cc(-n3cccn3)ncn2)cc1)c1ccc(C(F)(F)F)cc1. The van der Waals surface area contributed by atoms with E-state index < -0.39 is 17.6 Å². The van der Waals surface area contributed by atoms with Gasteiger partial charge in [0, 0.05) is 35.4 Å². The molecule has 0 bridgehead atoms. The molecule has 0 saturated heterocycles. The lowest BCUT2D eigenvalue weighted by atomic mass is 10.1. The van der Waals surface area contributed by atoms with Gasteiger partial charge < -0.3 is 10.6 Å². The number of nitrogens with zero attached hydrogens (tertiary/aromatic N) is 4. The van der Waals surface area contributed by atoms with Crippen LogP contribution in [0.2, 0.25) is 0 Å². The zero-order chi connectivity index (χ0) is 21.8. The number of benzene rings is 2. The van der Waals surface area contributed by atoms with E-state index in [2.05, 4.69) is 25.7 Å². The van der Waals surface area contributed by atoms with Crippen LogP contribution in [0.4, 0.5) is 30.4 Å². The minimum Gasteiger partial charge on any atom is -0.340 e. The summed E-state index contributed by atoms with van der Waals surface area (Å²) in [4.78, 5) is 20.6. The molecule has 7 nitrogen and oxygen atoms in total. The summed E-state index contributed by atoms with van der Waals surface area (Å²) in [5.74, 6) is 0.652. The number of alkyl halides is 3. The first-order valence-corrected chi connectivity index (χ1v) is 9.06. The highest BCUT2D eigenvalue weighted by molar-refractivity contribution is 6.04. The predicted octanol–water partition coefficient (Wildman–Crippen LogP) is 4.68. The maximum atomic E-state index is 12.6. The molecule has 0 aliphatic rings. The number of hydrogen-bond acceptors (Lipinski definition) is 5. The van der Waals surface area contributed by atoms with Gasteiger partial charge in [-0.2, -0.15) is 18.3 Å². The third-order valence-electron chi connectivity index (χ3n) is 4.28. The van der Waals surface area contributed by atoms with Crippen LogP contribution in [0.1, 0.15) is 15.9 Å². The average molecular weight is 424 g/mol. The molecule has 0 spiro atoms. The van der Waals surface area contributed by atoms with E-state index in [0.717, 1.165) is 30.0 Å². The van der Waals surface area contributed by atoms with Crippen LogP contribution in [0.15, 0.2) is 79.4 Å². The molecule has 0 saturated carbocycles. The summed E-state index contributed by atoms with van der Waals surface area (Å²) in [6.07, 6.45) is 0.381. The number of halogens is 3. The topological polar surface area (TPSA) is 84.7 Å². The maximum absolute atomic E-state index is 12.6. The second-order valence-electron chi connectivity index (χ2n) is 6.44. The fraction of sp³-hybridized carbons (Fsp3) is 0.0476. The van der Waals surface area contributed by atoms with Crippen molar-refractivity contribution in [3.63, 3.8) is 0 Å². The lowest BCUT2D eigenvalue weighted by Gasteiger charge is -2.10. The molecule has 0 unspecified atom stereocenters. The molecule has 2 N–H and O–H groups in total. The average Bonchev–Trinajstić information content (AvgIpc) is 3.30. The van der Waals surface area contributed by atoms with Gasteiger partial charge in [-0.1, -0.05) is 0 Å². The van der Waals surface area contributed by atoms with Crippen LogP contribution in [0.5, 0.6) is 0 Å². The summed E-state index contributed by atoms with van der Waals surface area (Å²) in [6.45, 7) is 0. The number of nitrogens with one attached hydrogen (secondary N) is 2. The van der Waals surface area contributed by atoms with E-state index in [4.69, 9.17) is 0 Å². The number of carbonyl (C=O) groups is 1. The van der Waals surface area contributed by atoms with Crippen LogP contribution >= 0.6 is 0 Å². The summed E-state index contributed by atoms with van der Waals surface area (Å²) >= 11 is 0. The van der Waals surface area contributed by atoms with Gasteiger partial charge in [0.05, 0.1) is 5.56 Å². The van der Waals surface area contributed by atoms with Gasteiger partial charge in [0.2, 0.25) is 0 Å². The van der Waals surface area contributed by atoms with E-state index in [1.54, 1.807) is 53.5 Å². The van der Waals surface area contributed by atoms with Gasteiger partial charge in [0.1, 0.15) is 12.1 Å². The Kier molecular flexibility index (Phi) is 5.35. The Morgan fingerprint density at radius 1 is 0.935 bits per heavy atom. The van der Waals surface area contributed by atoms with Crippen molar-refractivity contribution in [3.8, 4) is 5.82 Å². The molecule has 31 heavy (non-hydrogen) atoms. The zero-order valence-corrected chi connectivity index (χ0v) is 15.8. The minimum atomic E-state index is -4.44. The Morgan fingerprint density at radius 2 is 1.65 bits per heavy atom. The van der Waals surface area contributed by atoms with Crippen molar-refractivity contribution in [1.82, 2.24) is 19.7 Å². The fourth-order valence-corrected chi connectivity index (χ4v) is 2.74. The standard InChI is InChI=1S/C21H15F3N6O/c22-21(23,24)15-4-2-14(3-5-15)20(31)29-17-8-6-16(7-9-17)28-18-12-19(26-13-25-18)30-11-1-10-27-30/h1-13H,(H,29,31)(H,25,26,28). The van der Waals surface area contributed by atoms with Crippen LogP contribution in [0.25, 0.3) is 5.82 Å². The molecule has 156 valence electrons. The third kappa shape index (κ3) is 4.86. The molecule has 1 amide bonds. The molecule has 0 radical (unpaired) electrons. The first-order valence-electron chi connectivity index (χ1n) is 9.06. The van der Waals surface area contributed by atoms with Crippen molar-refractivity contribution in [2.75, 3.05) is 10.6 Å². The lowest BCUT2D eigenvalue weighted by molar-refractivity contribution is -0.137. The normalized spacial score (nSPS) is 11.2. The van der Waals surface area contributed by atoms with Gasteiger partial charge in [0.25, 0.3) is 5.91 Å². The van der Waals surface area contributed by atoms with Gasteiger partial charge in [0.15, 0.2) is 5.82 Å². The molecule has 10 heteroatoms. The quantitative estimate of drug-likeness (QED) is 0.486. The van der Waals surface area contributed by atoms with Gasteiger partial charge >= 0.3 is 6.18 Å². The van der Waals surface area contributed by atoms with Crippen molar-refractivity contribution >= 4 is 23.1 Å². The van der Waals surface area contributed by atoms with Crippen molar-refractivity contribution in [2.24, 2.45) is 0 Å². The monoisotopic (exact) mass is 424 g/mol. The molecule has 2 aromatic heterocycles. The number of aromatic nitrogens is 4. The van der Waals surface area contributed by atoms with E-state index in [1.807, 2.05) is 0 Å². The lowest BCUT2D eigenvalue weighted by Crippen LogP contribution is -2.12. The molecule has 4 aromatic rings. The van der Waals surface area contributed by atoms with Crippen LogP contribution in [0.3, 0.4) is 0 Å². The highest BCUT2D eigenvalue weighted by atomic mass is 19.4. The molecule has 0 aliphatic heterocycles. The van der Waals surface area contributed by atoms with Gasteiger partial charge in [-0.05, 0) is 54.6 Å². The Morgan fingerprint density at radius 3 is 2.29 bits per heavy atom. The number of rotatable bonds is 5. The molecule has 2 aromatic carbocycles. The zero-order valence-electron chi connectivity index (χ0n) is 15.8. The summed E-state index contributed by atoms with van der Waals surface area (Å²) in [7, 11) is 0. The summed E-state index contributed by atoms with van der Waals surface area (Å²) in [5, 5.41) is 9.90. The van der Waals surface area contributed by atoms with E-state index in [1.165, 1.54) is 6.33 Å². The summed E-state index contributed by atoms with van der Waals surface area (Å²) < 4.78 is 39.5. The van der Waals surface area contributed by atoms with Crippen molar-refractivity contribution in [2.45, 2.75) is 6.18 Å². The fourth-order valence-electron chi connectivity index (χ4n) is 2.74. The number of amides is 1. The second-order valence-corrected chi connectivity index (χ2v) is 6.44. The van der Waals surface area contributed by atoms with Crippen molar-refractivity contribution in [1.29, 1.82) is 0 Å². The number of anilines is 3. The van der Waals surface area contributed by atoms with Crippen LogP contribution in [0, 0.1) is 0 Å². The van der Waals surface area contributed by atoms with Crippen LogP contribution in [-0.4, -0.2) is 25.7 Å². The Balaban J connectivity index is 1.40. The summed E-state index contributed by atoms with van der Waals surface area (Å²) in [5.41, 5.74) is 0.537. The largest absolute Gasteiger partial charge is 0.416 e. The minimum absolute atomic E-state index is 0.127. The molecule has 0 fully saturated rings. The molecular weight excluding hydrogens is 409 g/mol. The van der Waals surface area contributed by atoms with E-state index in [0.29, 0.717) is 17.3 Å². The first-order chi connectivity index (χ1) is 14.9.